The van der Waals surface area contributed by atoms with Crippen molar-refractivity contribution >= 4 is 22.3 Å². The normalized spacial score (nSPS) is 11.2. The molecule has 0 atom stereocenters. The molecule has 0 bridgehead atoms. The Morgan fingerprint density at radius 3 is 0.745 bits per heavy atom. The van der Waals surface area contributed by atoms with Gasteiger partial charge < -0.3 is 9.47 Å². The summed E-state index contributed by atoms with van der Waals surface area (Å²) >= 11 is 0. The Bertz CT molecular complexity index is 701. The molecule has 0 aromatic carbocycles. The molecule has 2 N–H and O–H groups in total. The molecule has 47 heavy (non-hydrogen) atoms. The third-order valence-corrected chi connectivity index (χ3v) is 8.58. The summed E-state index contributed by atoms with van der Waals surface area (Å²) in [6.07, 6.45) is 40.5. The van der Waals surface area contributed by atoms with Crippen molar-refractivity contribution in [3.8, 4) is 0 Å². The first kappa shape index (κ1) is 47.9. The minimum atomic E-state index is -4.67. The van der Waals surface area contributed by atoms with Gasteiger partial charge in [0.1, 0.15) is 13.2 Å². The largest absolute Gasteiger partial charge is 0.462 e. The van der Waals surface area contributed by atoms with E-state index in [1.807, 2.05) is 0 Å². The zero-order valence-electron chi connectivity index (χ0n) is 30.8. The van der Waals surface area contributed by atoms with Crippen molar-refractivity contribution in [3.05, 3.63) is 0 Å². The summed E-state index contributed by atoms with van der Waals surface area (Å²) in [7, 11) is -4.67. The fourth-order valence-corrected chi connectivity index (χ4v) is 5.74. The lowest BCUT2D eigenvalue weighted by Crippen LogP contribution is -2.13. The van der Waals surface area contributed by atoms with Crippen LogP contribution in [0.1, 0.15) is 219 Å². The maximum Gasteiger partial charge on any atom is 0.394 e. The van der Waals surface area contributed by atoms with E-state index in [4.69, 9.17) is 27.0 Å². The third kappa shape index (κ3) is 51.8. The first-order chi connectivity index (χ1) is 22.7. The van der Waals surface area contributed by atoms with E-state index in [0.29, 0.717) is 12.8 Å². The van der Waals surface area contributed by atoms with Crippen molar-refractivity contribution < 1.29 is 36.6 Å². The molecular formula is C38H76O8S. The summed E-state index contributed by atoms with van der Waals surface area (Å²) in [6, 6.07) is 0. The molecule has 0 saturated heterocycles. The highest BCUT2D eigenvalue weighted by Gasteiger charge is 2.06. The Hall–Kier alpha value is -1.19. The zero-order valence-corrected chi connectivity index (χ0v) is 31.6. The molecule has 0 rings (SSSR count). The van der Waals surface area contributed by atoms with Crippen LogP contribution in [0.5, 0.6) is 0 Å². The lowest BCUT2D eigenvalue weighted by atomic mass is 10.0. The Balaban J connectivity index is 0. The van der Waals surface area contributed by atoms with E-state index >= 15 is 0 Å². The molecule has 0 aromatic heterocycles. The van der Waals surface area contributed by atoms with Crippen LogP contribution in [0.2, 0.25) is 0 Å². The van der Waals surface area contributed by atoms with Crippen LogP contribution in [-0.4, -0.2) is 42.7 Å². The molecule has 0 spiro atoms. The van der Waals surface area contributed by atoms with Gasteiger partial charge in [-0.2, -0.15) is 8.42 Å². The SMILES string of the molecule is CCCCCCCCCCCCCCCCCC(=O)OCCOC(=O)CCCCCCCCCCCCCCCCC.O=S(=O)(O)O. The quantitative estimate of drug-likeness (QED) is 0.0381. The molecule has 0 unspecified atom stereocenters. The zero-order chi connectivity index (χ0) is 35.1. The number of esters is 2. The highest BCUT2D eigenvalue weighted by atomic mass is 32.3. The predicted molar refractivity (Wildman–Crippen MR) is 195 cm³/mol. The van der Waals surface area contributed by atoms with Crippen LogP contribution >= 0.6 is 0 Å². The van der Waals surface area contributed by atoms with Gasteiger partial charge in [0.25, 0.3) is 0 Å². The maximum absolute atomic E-state index is 11.9. The highest BCUT2D eigenvalue weighted by Crippen LogP contribution is 2.15. The predicted octanol–water partition coefficient (Wildman–Crippen LogP) is 11.9. The van der Waals surface area contributed by atoms with E-state index in [2.05, 4.69) is 13.8 Å². The number of carbonyl (C=O) groups excluding carboxylic acids is 2. The molecule has 0 radical (unpaired) electrons. The van der Waals surface area contributed by atoms with Gasteiger partial charge in [0.15, 0.2) is 0 Å². The topological polar surface area (TPSA) is 127 Å². The number of hydrogen-bond donors (Lipinski definition) is 2. The smallest absolute Gasteiger partial charge is 0.394 e. The Kier molecular flexibility index (Phi) is 40.0. The number of hydrogen-bond acceptors (Lipinski definition) is 6. The molecular weight excluding hydrogens is 616 g/mol. The van der Waals surface area contributed by atoms with Crippen LogP contribution in [0.3, 0.4) is 0 Å². The average molecular weight is 693 g/mol. The molecule has 0 amide bonds. The summed E-state index contributed by atoms with van der Waals surface area (Å²) in [4.78, 5) is 23.8. The van der Waals surface area contributed by atoms with E-state index in [1.165, 1.54) is 167 Å². The Morgan fingerprint density at radius 2 is 0.553 bits per heavy atom. The van der Waals surface area contributed by atoms with E-state index in [-0.39, 0.29) is 25.2 Å². The summed E-state index contributed by atoms with van der Waals surface area (Å²) in [5.41, 5.74) is 0. The summed E-state index contributed by atoms with van der Waals surface area (Å²) in [6.45, 7) is 4.92. The fraction of sp³-hybridized carbons (Fsp3) is 0.947. The van der Waals surface area contributed by atoms with E-state index in [1.54, 1.807) is 0 Å². The average Bonchev–Trinajstić information content (AvgIpc) is 3.02. The molecule has 0 saturated carbocycles. The Morgan fingerprint density at radius 1 is 0.383 bits per heavy atom. The van der Waals surface area contributed by atoms with Crippen LogP contribution in [0.15, 0.2) is 0 Å². The number of rotatable bonds is 35. The molecule has 0 fully saturated rings. The van der Waals surface area contributed by atoms with Crippen LogP contribution in [0.25, 0.3) is 0 Å². The van der Waals surface area contributed by atoms with Gasteiger partial charge in [0, 0.05) is 12.8 Å². The van der Waals surface area contributed by atoms with Gasteiger partial charge in [0.05, 0.1) is 0 Å². The summed E-state index contributed by atoms with van der Waals surface area (Å²) in [5, 5.41) is 0. The van der Waals surface area contributed by atoms with Crippen LogP contribution in [0, 0.1) is 0 Å². The number of carbonyl (C=O) groups is 2. The first-order valence-corrected chi connectivity index (χ1v) is 21.1. The summed E-state index contributed by atoms with van der Waals surface area (Å²) < 4.78 is 42.0. The lowest BCUT2D eigenvalue weighted by Gasteiger charge is -2.07. The maximum atomic E-state index is 11.9. The van der Waals surface area contributed by atoms with E-state index in [0.717, 1.165) is 25.7 Å². The second kappa shape index (κ2) is 39.3. The molecule has 0 aliphatic heterocycles. The lowest BCUT2D eigenvalue weighted by molar-refractivity contribution is -0.152. The van der Waals surface area contributed by atoms with E-state index < -0.39 is 10.4 Å². The molecule has 8 nitrogen and oxygen atoms in total. The third-order valence-electron chi connectivity index (χ3n) is 8.58. The molecule has 0 aromatic rings. The number of unbranched alkanes of at least 4 members (excludes halogenated alkanes) is 28. The fourth-order valence-electron chi connectivity index (χ4n) is 5.74. The van der Waals surface area contributed by atoms with Crippen LogP contribution in [-0.2, 0) is 29.5 Å². The molecule has 9 heteroatoms. The molecule has 0 aliphatic rings. The van der Waals surface area contributed by atoms with Crippen molar-refractivity contribution in [2.45, 2.75) is 219 Å². The van der Waals surface area contributed by atoms with Crippen LogP contribution in [0.4, 0.5) is 0 Å². The van der Waals surface area contributed by atoms with Crippen molar-refractivity contribution in [1.82, 2.24) is 0 Å². The van der Waals surface area contributed by atoms with Gasteiger partial charge in [-0.15, -0.1) is 0 Å². The molecule has 0 aliphatic carbocycles. The second-order valence-corrected chi connectivity index (χ2v) is 14.2. The monoisotopic (exact) mass is 693 g/mol. The summed E-state index contributed by atoms with van der Waals surface area (Å²) in [5.74, 6) is -0.327. The van der Waals surface area contributed by atoms with Gasteiger partial charge in [-0.25, -0.2) is 0 Å². The van der Waals surface area contributed by atoms with Gasteiger partial charge in [-0.3, -0.25) is 18.7 Å². The van der Waals surface area contributed by atoms with Crippen molar-refractivity contribution in [3.63, 3.8) is 0 Å². The first-order valence-electron chi connectivity index (χ1n) is 19.7. The van der Waals surface area contributed by atoms with Gasteiger partial charge in [-0.05, 0) is 12.8 Å². The van der Waals surface area contributed by atoms with Crippen LogP contribution < -0.4 is 0 Å². The second-order valence-electron chi connectivity index (χ2n) is 13.3. The minimum Gasteiger partial charge on any atom is -0.462 e. The highest BCUT2D eigenvalue weighted by molar-refractivity contribution is 7.79. The standard InChI is InChI=1S/C38H74O4.H2O4S/c1-3-5-7-9-11-13-15-17-19-21-23-25-27-29-31-33-37(39)41-35-36-42-38(40)34-32-30-28-26-24-22-20-18-16-14-12-10-8-6-4-2;1-5(2,3)4/h3-36H2,1-2H3;(H2,1,2,3,4). The van der Waals surface area contributed by atoms with Gasteiger partial charge >= 0.3 is 22.3 Å². The number of ether oxygens (including phenoxy) is 2. The molecule has 0 heterocycles. The molecule has 282 valence electrons. The van der Waals surface area contributed by atoms with Gasteiger partial charge in [0.2, 0.25) is 0 Å². The van der Waals surface area contributed by atoms with Crippen molar-refractivity contribution in [1.29, 1.82) is 0 Å². The minimum absolute atomic E-state index is 0.164. The van der Waals surface area contributed by atoms with Crippen molar-refractivity contribution in [2.24, 2.45) is 0 Å². The van der Waals surface area contributed by atoms with E-state index in [9.17, 15) is 9.59 Å². The Labute approximate surface area is 290 Å². The van der Waals surface area contributed by atoms with Gasteiger partial charge in [-0.1, -0.05) is 194 Å². The van der Waals surface area contributed by atoms with Crippen molar-refractivity contribution in [2.75, 3.05) is 13.2 Å².